The Balaban J connectivity index is 1.45. The molecule has 9 nitrogen and oxygen atoms in total. The molecule has 1 amide bonds. The standard InChI is InChI=1S/C31H27FN4O5/c1-17-18(2)27(31(38)36(19(17)3)21-9-7-6-8-10-21)29(37)34-20-11-12-24(22(32)15-20)41-25-13-14-33-23-16-26(39-4)30(40-5)35-28(23)25/h6-16H,1-5H3,(H,34,37). The molecular formula is C31H27FN4O5. The smallest absolute Gasteiger partial charge is 0.268 e. The van der Waals surface area contributed by atoms with Crippen LogP contribution in [0.2, 0.25) is 0 Å². The lowest BCUT2D eigenvalue weighted by Gasteiger charge is -2.18. The zero-order valence-corrected chi connectivity index (χ0v) is 23.1. The SMILES string of the molecule is COc1cc2nccc(Oc3ccc(NC(=O)c4c(C)c(C)c(C)n(-c5ccccc5)c4=O)cc3F)c2nc1OC. The highest BCUT2D eigenvalue weighted by atomic mass is 19.1. The number of amides is 1. The number of pyridine rings is 3. The van der Waals surface area contributed by atoms with E-state index in [0.717, 1.165) is 17.3 Å². The van der Waals surface area contributed by atoms with E-state index < -0.39 is 17.3 Å². The topological polar surface area (TPSA) is 105 Å². The highest BCUT2D eigenvalue weighted by Gasteiger charge is 2.22. The Hall–Kier alpha value is -5.25. The second-order valence-electron chi connectivity index (χ2n) is 9.26. The van der Waals surface area contributed by atoms with Gasteiger partial charge in [-0.1, -0.05) is 18.2 Å². The summed E-state index contributed by atoms with van der Waals surface area (Å²) in [5.74, 6) is -0.597. The van der Waals surface area contributed by atoms with Gasteiger partial charge in [0.2, 0.25) is 0 Å². The second kappa shape index (κ2) is 11.1. The predicted molar refractivity (Wildman–Crippen MR) is 153 cm³/mol. The summed E-state index contributed by atoms with van der Waals surface area (Å²) in [6.07, 6.45) is 1.51. The third kappa shape index (κ3) is 5.07. The molecule has 3 heterocycles. The van der Waals surface area contributed by atoms with E-state index in [2.05, 4.69) is 15.3 Å². The average Bonchev–Trinajstić information content (AvgIpc) is 2.97. The zero-order valence-electron chi connectivity index (χ0n) is 23.1. The molecule has 0 saturated heterocycles. The van der Waals surface area contributed by atoms with E-state index >= 15 is 4.39 Å². The number of benzene rings is 2. The number of carbonyl (C=O) groups is 1. The number of fused-ring (bicyclic) bond motifs is 1. The molecule has 0 radical (unpaired) electrons. The first-order valence-corrected chi connectivity index (χ1v) is 12.7. The molecule has 3 aromatic heterocycles. The first kappa shape index (κ1) is 27.3. The van der Waals surface area contributed by atoms with Crippen LogP contribution < -0.4 is 25.1 Å². The molecule has 0 atom stereocenters. The third-order valence-electron chi connectivity index (χ3n) is 6.90. The van der Waals surface area contributed by atoms with E-state index in [1.165, 1.54) is 37.1 Å². The molecule has 0 fully saturated rings. The maximum absolute atomic E-state index is 15.2. The fraction of sp³-hybridized carbons (Fsp3) is 0.161. The highest BCUT2D eigenvalue weighted by molar-refractivity contribution is 6.05. The van der Waals surface area contributed by atoms with Crippen LogP contribution in [0.3, 0.4) is 0 Å². The number of rotatable bonds is 7. The van der Waals surface area contributed by atoms with Crippen molar-refractivity contribution >= 4 is 22.6 Å². The molecular weight excluding hydrogens is 527 g/mol. The summed E-state index contributed by atoms with van der Waals surface area (Å²) in [5.41, 5.74) is 3.24. The van der Waals surface area contributed by atoms with Crippen LogP contribution in [0.5, 0.6) is 23.1 Å². The van der Waals surface area contributed by atoms with Crippen molar-refractivity contribution in [2.24, 2.45) is 0 Å². The third-order valence-corrected chi connectivity index (χ3v) is 6.90. The molecule has 0 aliphatic rings. The number of anilines is 1. The number of nitrogens with one attached hydrogen (secondary N) is 1. The van der Waals surface area contributed by atoms with E-state index in [1.807, 2.05) is 32.0 Å². The molecule has 5 aromatic rings. The first-order valence-electron chi connectivity index (χ1n) is 12.7. The average molecular weight is 555 g/mol. The van der Waals surface area contributed by atoms with Gasteiger partial charge in [0.1, 0.15) is 11.1 Å². The lowest BCUT2D eigenvalue weighted by atomic mass is 10.0. The van der Waals surface area contributed by atoms with Gasteiger partial charge in [0.05, 0.1) is 19.7 Å². The number of methoxy groups -OCH3 is 2. The van der Waals surface area contributed by atoms with Crippen molar-refractivity contribution in [3.05, 3.63) is 105 Å². The molecule has 208 valence electrons. The van der Waals surface area contributed by atoms with E-state index in [4.69, 9.17) is 14.2 Å². The number of hydrogen-bond acceptors (Lipinski definition) is 7. The number of nitrogens with zero attached hydrogens (tertiary/aromatic N) is 3. The normalized spacial score (nSPS) is 10.9. The van der Waals surface area contributed by atoms with Gasteiger partial charge in [-0.25, -0.2) is 9.37 Å². The highest BCUT2D eigenvalue weighted by Crippen LogP contribution is 2.35. The van der Waals surface area contributed by atoms with Crippen molar-refractivity contribution in [3.63, 3.8) is 0 Å². The van der Waals surface area contributed by atoms with Crippen LogP contribution >= 0.6 is 0 Å². The minimum atomic E-state index is -0.730. The number of carbonyl (C=O) groups excluding carboxylic acids is 1. The van der Waals surface area contributed by atoms with Crippen molar-refractivity contribution in [2.75, 3.05) is 19.5 Å². The van der Waals surface area contributed by atoms with Gasteiger partial charge >= 0.3 is 0 Å². The summed E-state index contributed by atoms with van der Waals surface area (Å²) >= 11 is 0. The zero-order chi connectivity index (χ0) is 29.3. The van der Waals surface area contributed by atoms with Crippen LogP contribution in [0.15, 0.2) is 71.7 Å². The van der Waals surface area contributed by atoms with Crippen LogP contribution in [-0.4, -0.2) is 34.7 Å². The number of halogens is 1. The van der Waals surface area contributed by atoms with E-state index in [-0.39, 0.29) is 28.6 Å². The molecule has 1 N–H and O–H groups in total. The van der Waals surface area contributed by atoms with Gasteiger partial charge in [0.15, 0.2) is 23.1 Å². The summed E-state index contributed by atoms with van der Waals surface area (Å²) < 4.78 is 33.1. The summed E-state index contributed by atoms with van der Waals surface area (Å²) in [6, 6.07) is 16.3. The molecule has 10 heteroatoms. The lowest BCUT2D eigenvalue weighted by Crippen LogP contribution is -2.32. The van der Waals surface area contributed by atoms with Crippen molar-refractivity contribution in [3.8, 4) is 28.8 Å². The van der Waals surface area contributed by atoms with Gasteiger partial charge in [-0.3, -0.25) is 19.1 Å². The summed E-state index contributed by atoms with van der Waals surface area (Å²) in [5, 5.41) is 2.65. The Bertz CT molecular complexity index is 1850. The van der Waals surface area contributed by atoms with Gasteiger partial charge in [-0.15, -0.1) is 0 Å². The quantitative estimate of drug-likeness (QED) is 0.267. The monoisotopic (exact) mass is 554 g/mol. The molecule has 0 saturated carbocycles. The van der Waals surface area contributed by atoms with E-state index in [0.29, 0.717) is 28.0 Å². The Morgan fingerprint density at radius 2 is 1.66 bits per heavy atom. The first-order chi connectivity index (χ1) is 19.7. The Morgan fingerprint density at radius 1 is 0.902 bits per heavy atom. The van der Waals surface area contributed by atoms with Gasteiger partial charge < -0.3 is 19.5 Å². The Kier molecular flexibility index (Phi) is 7.39. The van der Waals surface area contributed by atoms with Crippen molar-refractivity contribution < 1.29 is 23.4 Å². The number of para-hydroxylation sites is 1. The van der Waals surface area contributed by atoms with Crippen LogP contribution in [-0.2, 0) is 0 Å². The van der Waals surface area contributed by atoms with Crippen LogP contribution in [0.4, 0.5) is 10.1 Å². The molecule has 5 rings (SSSR count). The number of hydrogen-bond donors (Lipinski definition) is 1. The van der Waals surface area contributed by atoms with Crippen molar-refractivity contribution in [2.45, 2.75) is 20.8 Å². The summed E-state index contributed by atoms with van der Waals surface area (Å²) in [4.78, 5) is 35.5. The lowest BCUT2D eigenvalue weighted by molar-refractivity contribution is 0.102. The number of ether oxygens (including phenoxy) is 3. The van der Waals surface area contributed by atoms with Crippen LogP contribution in [0.25, 0.3) is 16.7 Å². The molecule has 0 aliphatic carbocycles. The van der Waals surface area contributed by atoms with Crippen LogP contribution in [0, 0.1) is 26.6 Å². The molecule has 0 spiro atoms. The van der Waals surface area contributed by atoms with Gasteiger partial charge in [-0.05, 0) is 56.2 Å². The second-order valence-corrected chi connectivity index (χ2v) is 9.26. The largest absolute Gasteiger partial charge is 0.491 e. The maximum atomic E-state index is 15.2. The Morgan fingerprint density at radius 3 is 2.34 bits per heavy atom. The number of aromatic nitrogens is 3. The van der Waals surface area contributed by atoms with Gasteiger partial charge in [0, 0.05) is 41.5 Å². The van der Waals surface area contributed by atoms with Crippen molar-refractivity contribution in [1.29, 1.82) is 0 Å². The van der Waals surface area contributed by atoms with E-state index in [1.54, 1.807) is 31.2 Å². The molecule has 0 bridgehead atoms. The maximum Gasteiger partial charge on any atom is 0.268 e. The van der Waals surface area contributed by atoms with E-state index in [9.17, 15) is 9.59 Å². The van der Waals surface area contributed by atoms with Gasteiger partial charge in [-0.2, -0.15) is 0 Å². The predicted octanol–water partition coefficient (Wildman–Crippen LogP) is 5.91. The minimum absolute atomic E-state index is 0.0172. The molecule has 0 aliphatic heterocycles. The van der Waals surface area contributed by atoms with Crippen molar-refractivity contribution in [1.82, 2.24) is 14.5 Å². The molecule has 41 heavy (non-hydrogen) atoms. The summed E-state index contributed by atoms with van der Waals surface area (Å²) in [6.45, 7) is 5.42. The summed E-state index contributed by atoms with van der Waals surface area (Å²) in [7, 11) is 2.94. The Labute approximate surface area is 235 Å². The minimum Gasteiger partial charge on any atom is -0.491 e. The molecule has 2 aromatic carbocycles. The van der Waals surface area contributed by atoms with Crippen LogP contribution in [0.1, 0.15) is 27.2 Å². The fourth-order valence-corrected chi connectivity index (χ4v) is 4.57. The fourth-order valence-electron chi connectivity index (χ4n) is 4.57. The molecule has 0 unspecified atom stereocenters. The van der Waals surface area contributed by atoms with Gasteiger partial charge in [0.25, 0.3) is 17.3 Å².